The second-order valence-electron chi connectivity index (χ2n) is 5.78. The Hall–Kier alpha value is -1.85. The van der Waals surface area contributed by atoms with Crippen LogP contribution in [0.25, 0.3) is 0 Å². The van der Waals surface area contributed by atoms with E-state index in [0.29, 0.717) is 25.8 Å². The van der Waals surface area contributed by atoms with Crippen LogP contribution in [0.1, 0.15) is 57.8 Å². The molecule has 0 aliphatic carbocycles. The summed E-state index contributed by atoms with van der Waals surface area (Å²) >= 11 is 0. The number of carbonyl (C=O) groups is 2. The Kier molecular flexibility index (Phi) is 4.65. The molecule has 2 heterocycles. The van der Waals surface area contributed by atoms with Gasteiger partial charge >= 0.3 is 5.97 Å². The van der Waals surface area contributed by atoms with Gasteiger partial charge in [0.15, 0.2) is 0 Å². The molecule has 1 fully saturated rings. The van der Waals surface area contributed by atoms with Gasteiger partial charge in [0.1, 0.15) is 0 Å². The van der Waals surface area contributed by atoms with Crippen LogP contribution < -0.4 is 0 Å². The predicted molar refractivity (Wildman–Crippen MR) is 77.7 cm³/mol. The van der Waals surface area contributed by atoms with Crippen molar-refractivity contribution in [3.05, 3.63) is 18.2 Å². The normalized spacial score (nSPS) is 23.4. The second-order valence-corrected chi connectivity index (χ2v) is 5.78. The highest BCUT2D eigenvalue weighted by molar-refractivity contribution is 5.79. The molecule has 0 bridgehead atoms. The molecule has 2 unspecified atom stereocenters. The van der Waals surface area contributed by atoms with Crippen molar-refractivity contribution in [3.8, 4) is 0 Å². The number of amides is 1. The zero-order valence-corrected chi connectivity index (χ0v) is 12.8. The van der Waals surface area contributed by atoms with Gasteiger partial charge < -0.3 is 14.6 Å². The van der Waals surface area contributed by atoms with E-state index in [1.54, 1.807) is 17.4 Å². The summed E-state index contributed by atoms with van der Waals surface area (Å²) in [5.41, 5.74) is 0.814. The molecule has 6 nitrogen and oxygen atoms in total. The topological polar surface area (TPSA) is 75.4 Å². The van der Waals surface area contributed by atoms with Crippen LogP contribution in [0.5, 0.6) is 0 Å². The summed E-state index contributed by atoms with van der Waals surface area (Å²) in [7, 11) is 0. The molecule has 1 aromatic heterocycles. The van der Waals surface area contributed by atoms with Gasteiger partial charge in [-0.25, -0.2) is 4.98 Å². The molecule has 0 aromatic carbocycles. The smallest absolute Gasteiger partial charge is 0.309 e. The minimum Gasteiger partial charge on any atom is -0.481 e. The molecule has 1 amide bonds. The van der Waals surface area contributed by atoms with Crippen molar-refractivity contribution in [3.63, 3.8) is 0 Å². The first-order valence-corrected chi connectivity index (χ1v) is 7.51. The van der Waals surface area contributed by atoms with Gasteiger partial charge in [-0.15, -0.1) is 0 Å². The van der Waals surface area contributed by atoms with E-state index < -0.39 is 17.9 Å². The SMILES string of the molecule is CCN1C(=O)CCCC(C(=O)O)C1c1cncn1C(C)C. The first-order chi connectivity index (χ1) is 9.97. The van der Waals surface area contributed by atoms with Gasteiger partial charge in [-0.1, -0.05) is 0 Å². The average Bonchev–Trinajstić information content (AvgIpc) is 2.83. The van der Waals surface area contributed by atoms with E-state index in [9.17, 15) is 14.7 Å². The molecular formula is C15H23N3O3. The van der Waals surface area contributed by atoms with Crippen molar-refractivity contribution in [2.75, 3.05) is 6.54 Å². The third-order valence-electron chi connectivity index (χ3n) is 4.16. The van der Waals surface area contributed by atoms with E-state index in [-0.39, 0.29) is 11.9 Å². The molecule has 1 saturated heterocycles. The van der Waals surface area contributed by atoms with Gasteiger partial charge in [0, 0.05) is 19.0 Å². The molecule has 2 rings (SSSR count). The maximum absolute atomic E-state index is 12.3. The number of nitrogens with zero attached hydrogens (tertiary/aromatic N) is 3. The zero-order chi connectivity index (χ0) is 15.6. The molecule has 0 radical (unpaired) electrons. The number of hydrogen-bond donors (Lipinski definition) is 1. The number of hydrogen-bond acceptors (Lipinski definition) is 3. The third-order valence-corrected chi connectivity index (χ3v) is 4.16. The van der Waals surface area contributed by atoms with Gasteiger partial charge in [0.25, 0.3) is 0 Å². The Balaban J connectivity index is 2.51. The average molecular weight is 293 g/mol. The minimum absolute atomic E-state index is 0.0303. The predicted octanol–water partition coefficient (Wildman–Crippen LogP) is 2.24. The van der Waals surface area contributed by atoms with E-state index in [1.165, 1.54) is 0 Å². The number of carbonyl (C=O) groups excluding carboxylic acids is 1. The Morgan fingerprint density at radius 2 is 2.24 bits per heavy atom. The first kappa shape index (κ1) is 15.5. The van der Waals surface area contributed by atoms with E-state index >= 15 is 0 Å². The summed E-state index contributed by atoms with van der Waals surface area (Å²) in [4.78, 5) is 29.9. The fourth-order valence-electron chi connectivity index (χ4n) is 3.12. The number of carboxylic acids is 1. The minimum atomic E-state index is -0.843. The largest absolute Gasteiger partial charge is 0.481 e. The Morgan fingerprint density at radius 1 is 1.52 bits per heavy atom. The van der Waals surface area contributed by atoms with Crippen LogP contribution in [0.2, 0.25) is 0 Å². The van der Waals surface area contributed by atoms with E-state index in [0.717, 1.165) is 5.69 Å². The van der Waals surface area contributed by atoms with E-state index in [2.05, 4.69) is 4.98 Å². The van der Waals surface area contributed by atoms with Gasteiger partial charge in [0.05, 0.1) is 30.2 Å². The van der Waals surface area contributed by atoms with Crippen LogP contribution >= 0.6 is 0 Å². The lowest BCUT2D eigenvalue weighted by Gasteiger charge is -2.33. The van der Waals surface area contributed by atoms with Crippen LogP contribution in [0.3, 0.4) is 0 Å². The third kappa shape index (κ3) is 2.94. The number of carboxylic acid groups (broad SMARTS) is 1. The quantitative estimate of drug-likeness (QED) is 0.923. The van der Waals surface area contributed by atoms with Crippen LogP contribution in [0.15, 0.2) is 12.5 Å². The lowest BCUT2D eigenvalue weighted by molar-refractivity contribution is -0.146. The van der Waals surface area contributed by atoms with Crippen molar-refractivity contribution in [2.45, 2.75) is 52.1 Å². The lowest BCUT2D eigenvalue weighted by atomic mass is 9.92. The van der Waals surface area contributed by atoms with Crippen LogP contribution in [0, 0.1) is 5.92 Å². The molecule has 2 atom stereocenters. The molecule has 0 saturated carbocycles. The number of likely N-dealkylation sites (tertiary alicyclic amines) is 1. The standard InChI is InChI=1S/C15H23N3O3/c1-4-17-13(19)7-5-6-11(15(20)21)14(17)12-8-16-9-18(12)10(2)3/h8-11,14H,4-7H2,1-3H3,(H,20,21). The highest BCUT2D eigenvalue weighted by Gasteiger charge is 2.39. The van der Waals surface area contributed by atoms with Crippen molar-refractivity contribution in [1.29, 1.82) is 0 Å². The number of aliphatic carboxylic acids is 1. The second kappa shape index (κ2) is 6.28. The van der Waals surface area contributed by atoms with Gasteiger partial charge in [-0.05, 0) is 33.6 Å². The Bertz CT molecular complexity index is 522. The number of aromatic nitrogens is 2. The van der Waals surface area contributed by atoms with Crippen LogP contribution in [0.4, 0.5) is 0 Å². The fourth-order valence-corrected chi connectivity index (χ4v) is 3.12. The zero-order valence-electron chi connectivity index (χ0n) is 12.8. The summed E-state index contributed by atoms with van der Waals surface area (Å²) in [5.74, 6) is -1.39. The van der Waals surface area contributed by atoms with Crippen molar-refractivity contribution in [1.82, 2.24) is 14.5 Å². The highest BCUT2D eigenvalue weighted by Crippen LogP contribution is 2.36. The Labute approximate surface area is 124 Å². The summed E-state index contributed by atoms with van der Waals surface area (Å²) in [6.07, 6.45) is 4.97. The van der Waals surface area contributed by atoms with Crippen molar-refractivity contribution < 1.29 is 14.7 Å². The van der Waals surface area contributed by atoms with E-state index in [1.807, 2.05) is 25.3 Å². The summed E-state index contributed by atoms with van der Waals surface area (Å²) in [5, 5.41) is 9.59. The molecule has 1 aromatic rings. The molecule has 116 valence electrons. The number of imidazole rings is 1. The lowest BCUT2D eigenvalue weighted by Crippen LogP contribution is -2.40. The fraction of sp³-hybridized carbons (Fsp3) is 0.667. The summed E-state index contributed by atoms with van der Waals surface area (Å²) in [6, 6.07) is -0.263. The number of rotatable bonds is 4. The maximum Gasteiger partial charge on any atom is 0.309 e. The van der Waals surface area contributed by atoms with Gasteiger partial charge in [-0.2, -0.15) is 0 Å². The van der Waals surface area contributed by atoms with E-state index in [4.69, 9.17) is 0 Å². The van der Waals surface area contributed by atoms with Crippen LogP contribution in [-0.2, 0) is 9.59 Å². The Morgan fingerprint density at radius 3 is 2.81 bits per heavy atom. The molecule has 6 heteroatoms. The molecule has 0 spiro atoms. The highest BCUT2D eigenvalue weighted by atomic mass is 16.4. The van der Waals surface area contributed by atoms with Gasteiger partial charge in [0.2, 0.25) is 5.91 Å². The van der Waals surface area contributed by atoms with Crippen molar-refractivity contribution in [2.24, 2.45) is 5.92 Å². The van der Waals surface area contributed by atoms with Crippen LogP contribution in [-0.4, -0.2) is 38.0 Å². The molecule has 1 aliphatic rings. The molecule has 1 aliphatic heterocycles. The first-order valence-electron chi connectivity index (χ1n) is 7.51. The summed E-state index contributed by atoms with van der Waals surface area (Å²) in [6.45, 7) is 6.45. The molecule has 21 heavy (non-hydrogen) atoms. The molecular weight excluding hydrogens is 270 g/mol. The monoisotopic (exact) mass is 293 g/mol. The van der Waals surface area contributed by atoms with Gasteiger partial charge in [-0.3, -0.25) is 9.59 Å². The maximum atomic E-state index is 12.3. The summed E-state index contributed by atoms with van der Waals surface area (Å²) < 4.78 is 1.96. The molecule has 1 N–H and O–H groups in total. The van der Waals surface area contributed by atoms with Crippen molar-refractivity contribution >= 4 is 11.9 Å².